The fourth-order valence-electron chi connectivity index (χ4n) is 2.47. The number of halogens is 2. The molecule has 0 bridgehead atoms. The van der Waals surface area contributed by atoms with Crippen molar-refractivity contribution in [3.8, 4) is 0 Å². The maximum absolute atomic E-state index is 6.19. The number of hydrogen-bond acceptors (Lipinski definition) is 1. The minimum absolute atomic E-state index is 0.139. The van der Waals surface area contributed by atoms with Gasteiger partial charge in [-0.25, -0.2) is 0 Å². The van der Waals surface area contributed by atoms with Crippen LogP contribution < -0.4 is 5.32 Å². The molecule has 1 nitrogen and oxygen atoms in total. The first-order valence-corrected chi connectivity index (χ1v) is 8.04. The summed E-state index contributed by atoms with van der Waals surface area (Å²) in [5.41, 5.74) is 5.06. The van der Waals surface area contributed by atoms with Crippen LogP contribution in [0, 0.1) is 13.8 Å². The quantitative estimate of drug-likeness (QED) is 0.744. The predicted molar refractivity (Wildman–Crippen MR) is 92.5 cm³/mol. The van der Waals surface area contributed by atoms with Gasteiger partial charge in [0.05, 0.1) is 16.1 Å². The van der Waals surface area contributed by atoms with Crippen LogP contribution in [0.25, 0.3) is 0 Å². The standard InChI is InChI=1S/C18H21Cl2N/c1-4-10-21-18(14-8-9-16(19)17(20)11-14)15-7-5-6-12(2)13(15)3/h5-9,11,18,21H,4,10H2,1-3H3. The molecule has 0 aliphatic carbocycles. The number of rotatable bonds is 5. The van der Waals surface area contributed by atoms with Gasteiger partial charge in [0.2, 0.25) is 0 Å². The molecule has 0 saturated carbocycles. The van der Waals surface area contributed by atoms with E-state index in [9.17, 15) is 0 Å². The highest BCUT2D eigenvalue weighted by Gasteiger charge is 2.17. The number of aryl methyl sites for hydroxylation is 1. The topological polar surface area (TPSA) is 12.0 Å². The Labute approximate surface area is 137 Å². The van der Waals surface area contributed by atoms with Crippen molar-refractivity contribution in [1.82, 2.24) is 5.32 Å². The molecule has 0 fully saturated rings. The molecule has 1 atom stereocenters. The Morgan fingerprint density at radius 1 is 1.05 bits per heavy atom. The summed E-state index contributed by atoms with van der Waals surface area (Å²) in [6, 6.07) is 12.4. The third-order valence-corrected chi connectivity index (χ3v) is 4.57. The van der Waals surface area contributed by atoms with E-state index in [0.29, 0.717) is 10.0 Å². The summed E-state index contributed by atoms with van der Waals surface area (Å²) in [5.74, 6) is 0. The summed E-state index contributed by atoms with van der Waals surface area (Å²) < 4.78 is 0. The van der Waals surface area contributed by atoms with Gasteiger partial charge in [-0.3, -0.25) is 0 Å². The summed E-state index contributed by atoms with van der Waals surface area (Å²) in [7, 11) is 0. The lowest BCUT2D eigenvalue weighted by Gasteiger charge is -2.23. The van der Waals surface area contributed by atoms with Gasteiger partial charge in [0.1, 0.15) is 0 Å². The van der Waals surface area contributed by atoms with Gasteiger partial charge in [-0.1, -0.05) is 54.4 Å². The van der Waals surface area contributed by atoms with Gasteiger partial charge in [-0.15, -0.1) is 0 Å². The van der Waals surface area contributed by atoms with Crippen molar-refractivity contribution in [1.29, 1.82) is 0 Å². The van der Waals surface area contributed by atoms with Gasteiger partial charge in [-0.05, 0) is 61.2 Å². The van der Waals surface area contributed by atoms with Crippen molar-refractivity contribution in [3.05, 3.63) is 68.7 Å². The average molecular weight is 322 g/mol. The first-order valence-electron chi connectivity index (χ1n) is 7.29. The van der Waals surface area contributed by atoms with Crippen molar-refractivity contribution in [2.24, 2.45) is 0 Å². The normalized spacial score (nSPS) is 12.4. The molecule has 0 aliphatic heterocycles. The van der Waals surface area contributed by atoms with Gasteiger partial charge >= 0.3 is 0 Å². The molecule has 112 valence electrons. The molecule has 3 heteroatoms. The maximum atomic E-state index is 6.19. The third kappa shape index (κ3) is 3.79. The second-order valence-corrected chi connectivity index (χ2v) is 6.16. The second kappa shape index (κ2) is 7.31. The molecule has 0 spiro atoms. The number of hydrogen-bond donors (Lipinski definition) is 1. The molecule has 21 heavy (non-hydrogen) atoms. The zero-order chi connectivity index (χ0) is 15.4. The van der Waals surface area contributed by atoms with Crippen molar-refractivity contribution >= 4 is 23.2 Å². The predicted octanol–water partition coefficient (Wildman–Crippen LogP) is 5.70. The Bertz CT molecular complexity index is 623. The van der Waals surface area contributed by atoms with E-state index in [2.05, 4.69) is 44.3 Å². The lowest BCUT2D eigenvalue weighted by atomic mass is 9.92. The van der Waals surface area contributed by atoms with Crippen LogP contribution in [0.5, 0.6) is 0 Å². The molecular formula is C18H21Cl2N. The zero-order valence-electron chi connectivity index (χ0n) is 12.7. The van der Waals surface area contributed by atoms with Gasteiger partial charge < -0.3 is 5.32 Å². The summed E-state index contributed by atoms with van der Waals surface area (Å²) in [6.07, 6.45) is 1.09. The van der Waals surface area contributed by atoms with Crippen LogP contribution in [-0.4, -0.2) is 6.54 Å². The minimum Gasteiger partial charge on any atom is -0.306 e. The molecule has 2 aromatic carbocycles. The van der Waals surface area contributed by atoms with Gasteiger partial charge in [0.15, 0.2) is 0 Å². The van der Waals surface area contributed by atoms with E-state index in [1.807, 2.05) is 18.2 Å². The van der Waals surface area contributed by atoms with Crippen LogP contribution in [0.4, 0.5) is 0 Å². The van der Waals surface area contributed by atoms with E-state index >= 15 is 0 Å². The van der Waals surface area contributed by atoms with Crippen LogP contribution in [0.2, 0.25) is 10.0 Å². The Morgan fingerprint density at radius 2 is 1.81 bits per heavy atom. The highest BCUT2D eigenvalue weighted by atomic mass is 35.5. The SMILES string of the molecule is CCCNC(c1ccc(Cl)c(Cl)c1)c1cccc(C)c1C. The van der Waals surface area contributed by atoms with Crippen LogP contribution in [-0.2, 0) is 0 Å². The van der Waals surface area contributed by atoms with Crippen molar-refractivity contribution in [2.45, 2.75) is 33.2 Å². The van der Waals surface area contributed by atoms with E-state index < -0.39 is 0 Å². The van der Waals surface area contributed by atoms with E-state index in [4.69, 9.17) is 23.2 Å². The first-order chi connectivity index (χ1) is 10.0. The first kappa shape index (κ1) is 16.4. The molecule has 1 N–H and O–H groups in total. The Hall–Kier alpha value is -1.02. The molecule has 0 radical (unpaired) electrons. The fourth-order valence-corrected chi connectivity index (χ4v) is 2.78. The van der Waals surface area contributed by atoms with Gasteiger partial charge in [0.25, 0.3) is 0 Å². The van der Waals surface area contributed by atoms with Gasteiger partial charge in [-0.2, -0.15) is 0 Å². The lowest BCUT2D eigenvalue weighted by molar-refractivity contribution is 0.596. The van der Waals surface area contributed by atoms with E-state index in [1.54, 1.807) is 0 Å². The lowest BCUT2D eigenvalue weighted by Crippen LogP contribution is -2.24. The summed E-state index contributed by atoms with van der Waals surface area (Å²) >= 11 is 12.2. The van der Waals surface area contributed by atoms with Crippen LogP contribution in [0.1, 0.15) is 41.6 Å². The van der Waals surface area contributed by atoms with Crippen LogP contribution in [0.3, 0.4) is 0 Å². The smallest absolute Gasteiger partial charge is 0.0595 e. The molecule has 0 aliphatic rings. The maximum Gasteiger partial charge on any atom is 0.0595 e. The Balaban J connectivity index is 2.47. The van der Waals surface area contributed by atoms with Gasteiger partial charge in [0, 0.05) is 0 Å². The molecule has 2 aromatic rings. The molecule has 1 unspecified atom stereocenters. The fraction of sp³-hybridized carbons (Fsp3) is 0.333. The van der Waals surface area contributed by atoms with Crippen LogP contribution in [0.15, 0.2) is 36.4 Å². The monoisotopic (exact) mass is 321 g/mol. The Kier molecular flexibility index (Phi) is 5.69. The van der Waals surface area contributed by atoms with E-state index in [-0.39, 0.29) is 6.04 Å². The molecule has 2 rings (SSSR count). The molecule has 0 amide bonds. The van der Waals surface area contributed by atoms with Crippen LogP contribution >= 0.6 is 23.2 Å². The van der Waals surface area contributed by atoms with Crippen molar-refractivity contribution in [3.63, 3.8) is 0 Å². The molecule has 0 saturated heterocycles. The molecule has 0 heterocycles. The average Bonchev–Trinajstić information content (AvgIpc) is 2.47. The number of nitrogens with one attached hydrogen (secondary N) is 1. The molecular weight excluding hydrogens is 301 g/mol. The largest absolute Gasteiger partial charge is 0.306 e. The highest BCUT2D eigenvalue weighted by molar-refractivity contribution is 6.42. The minimum atomic E-state index is 0.139. The highest BCUT2D eigenvalue weighted by Crippen LogP contribution is 2.31. The third-order valence-electron chi connectivity index (χ3n) is 3.83. The van der Waals surface area contributed by atoms with Crippen molar-refractivity contribution in [2.75, 3.05) is 6.54 Å². The summed E-state index contributed by atoms with van der Waals surface area (Å²) in [4.78, 5) is 0. The summed E-state index contributed by atoms with van der Waals surface area (Å²) in [6.45, 7) is 7.44. The second-order valence-electron chi connectivity index (χ2n) is 5.35. The van der Waals surface area contributed by atoms with E-state index in [0.717, 1.165) is 18.5 Å². The summed E-state index contributed by atoms with van der Waals surface area (Å²) in [5, 5.41) is 4.81. The zero-order valence-corrected chi connectivity index (χ0v) is 14.2. The Morgan fingerprint density at radius 3 is 2.48 bits per heavy atom. The van der Waals surface area contributed by atoms with Crippen molar-refractivity contribution < 1.29 is 0 Å². The number of benzene rings is 2. The molecule has 0 aromatic heterocycles. The van der Waals surface area contributed by atoms with E-state index in [1.165, 1.54) is 16.7 Å².